The van der Waals surface area contributed by atoms with E-state index in [-0.39, 0.29) is 17.3 Å². The summed E-state index contributed by atoms with van der Waals surface area (Å²) >= 11 is 0. The number of aromatic nitrogens is 4. The van der Waals surface area contributed by atoms with Gasteiger partial charge in [0.25, 0.3) is 5.91 Å². The van der Waals surface area contributed by atoms with Crippen LogP contribution in [0.3, 0.4) is 0 Å². The molecule has 142 valence electrons. The molecule has 0 fully saturated rings. The fourth-order valence-electron chi connectivity index (χ4n) is 2.29. The monoisotopic (exact) mass is 390 g/mol. The standard InChI is InChI=1S/C16H18N6O4S/c1-21(2)27(24,25)12-6-4-11(5-7-12)16(23)17-10-14-19-18-13-8-9-15(26-3)20-22(13)14/h4-9H,10H2,1-3H3,(H,17,23). The predicted octanol–water partition coefficient (Wildman–Crippen LogP) is 0.313. The summed E-state index contributed by atoms with van der Waals surface area (Å²) in [7, 11) is 0.855. The Morgan fingerprint density at radius 2 is 1.85 bits per heavy atom. The number of methoxy groups -OCH3 is 1. The number of carbonyl (C=O) groups is 1. The van der Waals surface area contributed by atoms with Gasteiger partial charge in [-0.25, -0.2) is 12.7 Å². The molecule has 2 aromatic heterocycles. The molecule has 0 aliphatic carbocycles. The number of amides is 1. The van der Waals surface area contributed by atoms with Crippen molar-refractivity contribution >= 4 is 21.6 Å². The van der Waals surface area contributed by atoms with Gasteiger partial charge in [0.1, 0.15) is 0 Å². The maximum absolute atomic E-state index is 12.3. The minimum atomic E-state index is -3.54. The minimum absolute atomic E-state index is 0.0952. The van der Waals surface area contributed by atoms with Crippen LogP contribution in [0.1, 0.15) is 16.2 Å². The van der Waals surface area contributed by atoms with Gasteiger partial charge < -0.3 is 10.1 Å². The lowest BCUT2D eigenvalue weighted by atomic mass is 10.2. The largest absolute Gasteiger partial charge is 0.480 e. The normalized spacial score (nSPS) is 11.7. The van der Waals surface area contributed by atoms with Gasteiger partial charge in [-0.2, -0.15) is 4.52 Å². The summed E-state index contributed by atoms with van der Waals surface area (Å²) in [5.74, 6) is 0.458. The van der Waals surface area contributed by atoms with Crippen molar-refractivity contribution in [3.05, 3.63) is 47.8 Å². The van der Waals surface area contributed by atoms with Gasteiger partial charge in [-0.1, -0.05) is 0 Å². The third kappa shape index (κ3) is 3.73. The van der Waals surface area contributed by atoms with E-state index in [0.717, 1.165) is 4.31 Å². The fourth-order valence-corrected chi connectivity index (χ4v) is 3.19. The lowest BCUT2D eigenvalue weighted by Crippen LogP contribution is -2.25. The number of rotatable bonds is 6. The molecule has 0 saturated heterocycles. The number of benzene rings is 1. The molecular weight excluding hydrogens is 372 g/mol. The Hall–Kier alpha value is -3.05. The summed E-state index contributed by atoms with van der Waals surface area (Å²) in [5.41, 5.74) is 0.852. The summed E-state index contributed by atoms with van der Waals surface area (Å²) in [6, 6.07) is 9.06. The Bertz CT molecular complexity index is 1080. The average Bonchev–Trinajstić information content (AvgIpc) is 3.08. The highest BCUT2D eigenvalue weighted by Gasteiger charge is 2.17. The van der Waals surface area contributed by atoms with Gasteiger partial charge in [0, 0.05) is 25.7 Å². The van der Waals surface area contributed by atoms with Crippen LogP contribution in [-0.2, 0) is 16.6 Å². The van der Waals surface area contributed by atoms with E-state index in [9.17, 15) is 13.2 Å². The summed E-state index contributed by atoms with van der Waals surface area (Å²) < 4.78 is 31.8. The Morgan fingerprint density at radius 3 is 2.48 bits per heavy atom. The van der Waals surface area contributed by atoms with Gasteiger partial charge in [0.05, 0.1) is 18.6 Å². The smallest absolute Gasteiger partial charge is 0.251 e. The van der Waals surface area contributed by atoms with Crippen LogP contribution in [0.4, 0.5) is 0 Å². The molecule has 11 heteroatoms. The van der Waals surface area contributed by atoms with Gasteiger partial charge in [0.2, 0.25) is 15.9 Å². The van der Waals surface area contributed by atoms with Crippen LogP contribution in [0.15, 0.2) is 41.3 Å². The Balaban J connectivity index is 1.73. The molecule has 0 radical (unpaired) electrons. The SMILES string of the molecule is COc1ccc2nnc(CNC(=O)c3ccc(S(=O)(=O)N(C)C)cc3)n2n1. The number of ether oxygens (including phenoxy) is 1. The summed E-state index contributed by atoms with van der Waals surface area (Å²) in [6.45, 7) is 0.0952. The highest BCUT2D eigenvalue weighted by Crippen LogP contribution is 2.14. The quantitative estimate of drug-likeness (QED) is 0.643. The van der Waals surface area contributed by atoms with Gasteiger partial charge in [-0.15, -0.1) is 15.3 Å². The van der Waals surface area contributed by atoms with Crippen molar-refractivity contribution in [2.24, 2.45) is 0 Å². The van der Waals surface area contributed by atoms with Crippen molar-refractivity contribution in [1.29, 1.82) is 0 Å². The first kappa shape index (κ1) is 18.7. The molecule has 1 amide bonds. The lowest BCUT2D eigenvalue weighted by Gasteiger charge is -2.11. The second kappa shape index (κ2) is 7.29. The van der Waals surface area contributed by atoms with E-state index in [0.29, 0.717) is 22.9 Å². The first-order chi connectivity index (χ1) is 12.8. The van der Waals surface area contributed by atoms with Crippen LogP contribution in [0.2, 0.25) is 0 Å². The molecule has 0 spiro atoms. The minimum Gasteiger partial charge on any atom is -0.480 e. The predicted molar refractivity (Wildman–Crippen MR) is 95.8 cm³/mol. The average molecular weight is 390 g/mol. The number of hydrogen-bond acceptors (Lipinski definition) is 7. The lowest BCUT2D eigenvalue weighted by molar-refractivity contribution is 0.0949. The zero-order chi connectivity index (χ0) is 19.6. The maximum Gasteiger partial charge on any atom is 0.251 e. The van der Waals surface area contributed by atoms with Crippen LogP contribution in [0, 0.1) is 0 Å². The third-order valence-electron chi connectivity index (χ3n) is 3.81. The van der Waals surface area contributed by atoms with E-state index in [2.05, 4.69) is 20.6 Å². The van der Waals surface area contributed by atoms with Crippen LogP contribution in [-0.4, -0.2) is 59.6 Å². The van der Waals surface area contributed by atoms with E-state index in [1.165, 1.54) is 50.0 Å². The van der Waals surface area contributed by atoms with Crippen molar-refractivity contribution in [1.82, 2.24) is 29.4 Å². The number of nitrogens with one attached hydrogen (secondary N) is 1. The van der Waals surface area contributed by atoms with Crippen molar-refractivity contribution in [3.63, 3.8) is 0 Å². The number of carbonyl (C=O) groups excluding carboxylic acids is 1. The van der Waals surface area contributed by atoms with Crippen molar-refractivity contribution < 1.29 is 17.9 Å². The molecule has 0 atom stereocenters. The Labute approximate surface area is 155 Å². The van der Waals surface area contributed by atoms with E-state index >= 15 is 0 Å². The number of hydrogen-bond donors (Lipinski definition) is 1. The first-order valence-corrected chi connectivity index (χ1v) is 9.33. The number of sulfonamides is 1. The highest BCUT2D eigenvalue weighted by molar-refractivity contribution is 7.89. The van der Waals surface area contributed by atoms with E-state index < -0.39 is 10.0 Å². The third-order valence-corrected chi connectivity index (χ3v) is 5.64. The first-order valence-electron chi connectivity index (χ1n) is 7.89. The fraction of sp³-hybridized carbons (Fsp3) is 0.250. The summed E-state index contributed by atoms with van der Waals surface area (Å²) in [6.07, 6.45) is 0. The van der Waals surface area contributed by atoms with Gasteiger partial charge in [-0.3, -0.25) is 4.79 Å². The second-order valence-corrected chi connectivity index (χ2v) is 7.91. The van der Waals surface area contributed by atoms with E-state index in [1.54, 1.807) is 12.1 Å². The Morgan fingerprint density at radius 1 is 1.15 bits per heavy atom. The molecular formula is C16H18N6O4S. The number of fused-ring (bicyclic) bond motifs is 1. The summed E-state index contributed by atoms with van der Waals surface area (Å²) in [5, 5.41) is 14.9. The summed E-state index contributed by atoms with van der Waals surface area (Å²) in [4.78, 5) is 12.4. The van der Waals surface area contributed by atoms with Crippen molar-refractivity contribution in [3.8, 4) is 5.88 Å². The van der Waals surface area contributed by atoms with Crippen LogP contribution < -0.4 is 10.1 Å². The van der Waals surface area contributed by atoms with Crippen LogP contribution in [0.25, 0.3) is 5.65 Å². The molecule has 0 bridgehead atoms. The number of nitrogens with zero attached hydrogens (tertiary/aromatic N) is 5. The molecule has 1 aromatic carbocycles. The topological polar surface area (TPSA) is 119 Å². The molecule has 3 rings (SSSR count). The molecule has 2 heterocycles. The molecule has 3 aromatic rings. The molecule has 0 aliphatic heterocycles. The zero-order valence-corrected chi connectivity index (χ0v) is 15.8. The Kier molecular flexibility index (Phi) is 5.06. The maximum atomic E-state index is 12.3. The van der Waals surface area contributed by atoms with Crippen LogP contribution >= 0.6 is 0 Å². The van der Waals surface area contributed by atoms with E-state index in [1.807, 2.05) is 0 Å². The molecule has 0 unspecified atom stereocenters. The molecule has 0 aliphatic rings. The highest BCUT2D eigenvalue weighted by atomic mass is 32.2. The van der Waals surface area contributed by atoms with Crippen molar-refractivity contribution in [2.75, 3.05) is 21.2 Å². The van der Waals surface area contributed by atoms with Gasteiger partial charge in [-0.05, 0) is 30.3 Å². The molecule has 1 N–H and O–H groups in total. The van der Waals surface area contributed by atoms with Crippen LogP contribution in [0.5, 0.6) is 5.88 Å². The molecule has 10 nitrogen and oxygen atoms in total. The van der Waals surface area contributed by atoms with Gasteiger partial charge >= 0.3 is 0 Å². The zero-order valence-electron chi connectivity index (χ0n) is 14.9. The van der Waals surface area contributed by atoms with Gasteiger partial charge in [0.15, 0.2) is 11.5 Å². The van der Waals surface area contributed by atoms with Crippen molar-refractivity contribution in [2.45, 2.75) is 11.4 Å². The van der Waals surface area contributed by atoms with E-state index in [4.69, 9.17) is 4.74 Å². The second-order valence-electron chi connectivity index (χ2n) is 5.76. The molecule has 0 saturated carbocycles. The molecule has 27 heavy (non-hydrogen) atoms.